The molecule has 1 fully saturated rings. The van der Waals surface area contributed by atoms with Crippen LogP contribution in [0.4, 0.5) is 0 Å². The summed E-state index contributed by atoms with van der Waals surface area (Å²) in [6.07, 6.45) is 0.397. The number of ether oxygens (including phenoxy) is 2. The van der Waals surface area contributed by atoms with Crippen LogP contribution < -0.4 is 0 Å². The Kier molecular flexibility index (Phi) is 3.19. The van der Waals surface area contributed by atoms with Crippen LogP contribution in [0.25, 0.3) is 0 Å². The largest absolute Gasteiger partial charge is 0.422 e. The number of esters is 2. The molecule has 5 heteroatoms. The summed E-state index contributed by atoms with van der Waals surface area (Å²) in [5, 5.41) is 0. The summed E-state index contributed by atoms with van der Waals surface area (Å²) in [6.45, 7) is 4.94. The van der Waals surface area contributed by atoms with Crippen molar-refractivity contribution < 1.29 is 19.1 Å². The third kappa shape index (κ3) is 2.70. The van der Waals surface area contributed by atoms with Crippen LogP contribution in [-0.4, -0.2) is 22.6 Å². The molecule has 0 aromatic carbocycles. The first kappa shape index (κ1) is 11.5. The minimum Gasteiger partial charge on any atom is -0.422 e. The van der Waals surface area contributed by atoms with Crippen molar-refractivity contribution in [3.8, 4) is 0 Å². The van der Waals surface area contributed by atoms with Gasteiger partial charge in [0, 0.05) is 18.7 Å². The Morgan fingerprint density at radius 2 is 1.79 bits per heavy atom. The molecule has 1 rings (SSSR count). The number of alkyl halides is 1. The van der Waals surface area contributed by atoms with Gasteiger partial charge in [0.05, 0.1) is 0 Å². The Balaban J connectivity index is 2.71. The van der Waals surface area contributed by atoms with Crippen molar-refractivity contribution >= 4 is 27.9 Å². The van der Waals surface area contributed by atoms with Gasteiger partial charge in [0.15, 0.2) is 5.92 Å². The van der Waals surface area contributed by atoms with E-state index in [0.717, 1.165) is 0 Å². The first-order valence-corrected chi connectivity index (χ1v) is 5.33. The fourth-order valence-corrected chi connectivity index (χ4v) is 1.63. The number of rotatable bonds is 2. The third-order valence-corrected chi connectivity index (χ3v) is 2.20. The summed E-state index contributed by atoms with van der Waals surface area (Å²) in [5.74, 6) is -2.92. The second-order valence-electron chi connectivity index (χ2n) is 3.81. The first-order chi connectivity index (χ1) is 6.32. The highest BCUT2D eigenvalue weighted by atomic mass is 79.9. The highest BCUT2D eigenvalue weighted by Crippen LogP contribution is 2.26. The predicted octanol–water partition coefficient (Wildman–Crippen LogP) is 1.61. The zero-order chi connectivity index (χ0) is 10.9. The molecule has 1 saturated heterocycles. The topological polar surface area (TPSA) is 52.6 Å². The molecule has 1 aliphatic rings. The van der Waals surface area contributed by atoms with E-state index in [1.807, 2.05) is 6.92 Å². The molecule has 0 bridgehead atoms. The van der Waals surface area contributed by atoms with Crippen molar-refractivity contribution in [1.29, 1.82) is 0 Å². The van der Waals surface area contributed by atoms with E-state index in [1.165, 1.54) is 13.8 Å². The van der Waals surface area contributed by atoms with Crippen molar-refractivity contribution in [2.45, 2.75) is 37.8 Å². The lowest BCUT2D eigenvalue weighted by molar-refractivity contribution is -0.240. The van der Waals surface area contributed by atoms with Gasteiger partial charge in [-0.25, -0.2) is 0 Å². The number of halogens is 1. The standard InChI is InChI=1S/C9H13BrO4/c1-5(10)4-6-7(11)13-9(2,3)14-8(6)12/h5-6H,4H2,1-3H3. The predicted molar refractivity (Wildman–Crippen MR) is 52.8 cm³/mol. The van der Waals surface area contributed by atoms with E-state index in [4.69, 9.17) is 9.47 Å². The summed E-state index contributed by atoms with van der Waals surface area (Å²) in [5.41, 5.74) is 0. The molecule has 0 radical (unpaired) electrons. The SMILES string of the molecule is CC(Br)CC1C(=O)OC(C)(C)OC1=O. The second kappa shape index (κ2) is 3.88. The minimum atomic E-state index is -1.12. The van der Waals surface area contributed by atoms with E-state index in [1.54, 1.807) is 0 Å². The smallest absolute Gasteiger partial charge is 0.323 e. The summed E-state index contributed by atoms with van der Waals surface area (Å²) < 4.78 is 9.91. The normalized spacial score (nSPS) is 24.0. The molecule has 1 aliphatic heterocycles. The molecule has 14 heavy (non-hydrogen) atoms. The maximum atomic E-state index is 11.4. The lowest BCUT2D eigenvalue weighted by atomic mass is 10.0. The second-order valence-corrected chi connectivity index (χ2v) is 5.37. The molecule has 0 aromatic heterocycles. The number of carbonyl (C=O) groups is 2. The Hall–Kier alpha value is -0.580. The molecule has 4 nitrogen and oxygen atoms in total. The van der Waals surface area contributed by atoms with Crippen LogP contribution in [0.15, 0.2) is 0 Å². The first-order valence-electron chi connectivity index (χ1n) is 4.41. The average molecular weight is 265 g/mol. The molecule has 0 aromatic rings. The molecule has 1 heterocycles. The van der Waals surface area contributed by atoms with Crippen LogP contribution in [0, 0.1) is 5.92 Å². The van der Waals surface area contributed by atoms with Crippen molar-refractivity contribution in [1.82, 2.24) is 0 Å². The minimum absolute atomic E-state index is 0.0776. The average Bonchev–Trinajstić information content (AvgIpc) is 1.94. The zero-order valence-electron chi connectivity index (χ0n) is 8.37. The van der Waals surface area contributed by atoms with Gasteiger partial charge in [-0.3, -0.25) is 9.59 Å². The molecule has 0 saturated carbocycles. The maximum Gasteiger partial charge on any atom is 0.323 e. The fraction of sp³-hybridized carbons (Fsp3) is 0.778. The zero-order valence-corrected chi connectivity index (χ0v) is 9.96. The Morgan fingerprint density at radius 3 is 2.14 bits per heavy atom. The van der Waals surface area contributed by atoms with E-state index in [9.17, 15) is 9.59 Å². The summed E-state index contributed by atoms with van der Waals surface area (Å²) in [6, 6.07) is 0. The maximum absolute atomic E-state index is 11.4. The van der Waals surface area contributed by atoms with Crippen LogP contribution in [0.5, 0.6) is 0 Å². The summed E-state index contributed by atoms with van der Waals surface area (Å²) >= 11 is 3.28. The quantitative estimate of drug-likeness (QED) is 0.432. The number of hydrogen-bond acceptors (Lipinski definition) is 4. The molecular weight excluding hydrogens is 252 g/mol. The molecule has 80 valence electrons. The van der Waals surface area contributed by atoms with Gasteiger partial charge in [-0.15, -0.1) is 0 Å². The van der Waals surface area contributed by atoms with Crippen molar-refractivity contribution in [2.75, 3.05) is 0 Å². The van der Waals surface area contributed by atoms with Crippen molar-refractivity contribution in [3.05, 3.63) is 0 Å². The van der Waals surface area contributed by atoms with Crippen LogP contribution in [0.2, 0.25) is 0 Å². The lowest BCUT2D eigenvalue weighted by Crippen LogP contribution is -2.46. The van der Waals surface area contributed by atoms with Gasteiger partial charge in [0.1, 0.15) is 0 Å². The Morgan fingerprint density at radius 1 is 1.36 bits per heavy atom. The fourth-order valence-electron chi connectivity index (χ4n) is 1.26. The highest BCUT2D eigenvalue weighted by Gasteiger charge is 2.43. The molecule has 0 amide bonds. The van der Waals surface area contributed by atoms with E-state index < -0.39 is 23.6 Å². The molecule has 0 spiro atoms. The third-order valence-electron chi connectivity index (χ3n) is 1.82. The number of hydrogen-bond donors (Lipinski definition) is 0. The van der Waals surface area contributed by atoms with Gasteiger partial charge in [-0.1, -0.05) is 22.9 Å². The molecular formula is C9H13BrO4. The van der Waals surface area contributed by atoms with Crippen molar-refractivity contribution in [3.63, 3.8) is 0 Å². The number of carbonyl (C=O) groups excluding carboxylic acids is 2. The van der Waals surface area contributed by atoms with E-state index in [-0.39, 0.29) is 4.83 Å². The van der Waals surface area contributed by atoms with Crippen LogP contribution in [0.1, 0.15) is 27.2 Å². The van der Waals surface area contributed by atoms with E-state index in [0.29, 0.717) is 6.42 Å². The summed E-state index contributed by atoms with van der Waals surface area (Å²) in [7, 11) is 0. The van der Waals surface area contributed by atoms with Gasteiger partial charge in [-0.05, 0) is 6.42 Å². The molecule has 1 unspecified atom stereocenters. The van der Waals surface area contributed by atoms with Gasteiger partial charge >= 0.3 is 11.9 Å². The van der Waals surface area contributed by atoms with Crippen LogP contribution >= 0.6 is 15.9 Å². The van der Waals surface area contributed by atoms with Crippen molar-refractivity contribution in [2.24, 2.45) is 5.92 Å². The highest BCUT2D eigenvalue weighted by molar-refractivity contribution is 9.09. The van der Waals surface area contributed by atoms with E-state index in [2.05, 4.69) is 15.9 Å². The monoisotopic (exact) mass is 264 g/mol. The van der Waals surface area contributed by atoms with Gasteiger partial charge < -0.3 is 9.47 Å². The van der Waals surface area contributed by atoms with Crippen LogP contribution in [0.3, 0.4) is 0 Å². The van der Waals surface area contributed by atoms with Crippen LogP contribution in [-0.2, 0) is 19.1 Å². The molecule has 1 atom stereocenters. The Bertz CT molecular complexity index is 240. The Labute approximate surface area is 91.1 Å². The van der Waals surface area contributed by atoms with E-state index >= 15 is 0 Å². The molecule has 0 aliphatic carbocycles. The molecule has 0 N–H and O–H groups in total. The van der Waals surface area contributed by atoms with Gasteiger partial charge in [0.25, 0.3) is 5.79 Å². The van der Waals surface area contributed by atoms with Gasteiger partial charge in [-0.2, -0.15) is 0 Å². The van der Waals surface area contributed by atoms with Gasteiger partial charge in [0.2, 0.25) is 0 Å². The summed E-state index contributed by atoms with van der Waals surface area (Å²) in [4.78, 5) is 22.9. The number of cyclic esters (lactones) is 2. The lowest BCUT2D eigenvalue weighted by Gasteiger charge is -2.33.